The Morgan fingerprint density at radius 3 is 1.81 bits per heavy atom. The van der Waals surface area contributed by atoms with E-state index in [9.17, 15) is 78.3 Å². The molecule has 0 bridgehead atoms. The van der Waals surface area contributed by atoms with Crippen LogP contribution in [-0.2, 0) is 112 Å². The number of hydrogen-bond donors (Lipinski definition) is 19. The monoisotopic (exact) mass is 1920 g/mol. The topological polar surface area (TPSA) is 682 Å². The zero-order chi connectivity index (χ0) is 99.4. The molecule has 6 heterocycles. The van der Waals surface area contributed by atoms with Gasteiger partial charge in [-0.25, -0.2) is 9.67 Å². The number of aliphatic carboxylic acids is 2. The van der Waals surface area contributed by atoms with Crippen LogP contribution in [0.4, 0.5) is 0 Å². The largest absolute Gasteiger partial charge is 0.508 e. The van der Waals surface area contributed by atoms with E-state index in [2.05, 4.69) is 83.6 Å². The number of aliphatic hydroxyl groups excluding tert-OH is 2. The number of carboxylic acid groups (broad SMARTS) is 2. The number of primary amides is 2. The van der Waals surface area contributed by atoms with Crippen LogP contribution in [0.5, 0.6) is 5.75 Å². The Balaban J connectivity index is 1.04. The molecule has 10 rings (SSSR count). The van der Waals surface area contributed by atoms with Gasteiger partial charge in [-0.3, -0.25) is 86.3 Å². The highest BCUT2D eigenvalue weighted by atomic mass is 32.2. The number of imidazole rings is 1. The van der Waals surface area contributed by atoms with Crippen LogP contribution in [0.2, 0.25) is 0 Å². The Hall–Kier alpha value is -14.5. The Bertz CT molecular complexity index is 5520. The van der Waals surface area contributed by atoms with Crippen molar-refractivity contribution in [2.45, 2.75) is 227 Å². The van der Waals surface area contributed by atoms with Gasteiger partial charge in [0.15, 0.2) is 5.82 Å². The van der Waals surface area contributed by atoms with Crippen LogP contribution >= 0.6 is 11.8 Å². The number of phenols is 1. The second kappa shape index (κ2) is 49.6. The molecule has 3 aromatic heterocycles. The van der Waals surface area contributed by atoms with Gasteiger partial charge in [-0.2, -0.15) is 0 Å². The van der Waals surface area contributed by atoms with Crippen molar-refractivity contribution in [2.24, 2.45) is 11.5 Å². The molecule has 0 unspecified atom stereocenters. The molecule has 0 radical (unpaired) electrons. The number of aromatic hydroxyl groups is 1. The van der Waals surface area contributed by atoms with Crippen LogP contribution in [0.3, 0.4) is 0 Å². The highest BCUT2D eigenvalue weighted by Crippen LogP contribution is 2.31. The molecular formula is C90H117N23O23S. The Kier molecular flexibility index (Phi) is 37.9. The smallest absolute Gasteiger partial charge is 0.303 e. The maximum Gasteiger partial charge on any atom is 0.303 e. The van der Waals surface area contributed by atoms with Gasteiger partial charge < -0.3 is 120 Å². The lowest BCUT2D eigenvalue weighted by atomic mass is 9.97. The minimum atomic E-state index is -1.90. The third kappa shape index (κ3) is 28.5. The summed E-state index contributed by atoms with van der Waals surface area (Å²) >= 11 is 0.700. The van der Waals surface area contributed by atoms with Crippen LogP contribution < -0.4 is 64.6 Å². The number of tetrazole rings is 1. The van der Waals surface area contributed by atoms with Crippen molar-refractivity contribution in [3.8, 4) is 5.75 Å². The van der Waals surface area contributed by atoms with Crippen LogP contribution in [0, 0.1) is 0 Å². The molecule has 0 spiro atoms. The summed E-state index contributed by atoms with van der Waals surface area (Å²) in [5, 5.41) is 93.8. The van der Waals surface area contributed by atoms with Crippen molar-refractivity contribution >= 4 is 140 Å². The fourth-order valence-corrected chi connectivity index (χ4v) is 17.5. The van der Waals surface area contributed by atoms with Crippen molar-refractivity contribution in [1.29, 1.82) is 0 Å². The molecule has 4 aromatic carbocycles. The summed E-state index contributed by atoms with van der Waals surface area (Å²) in [5.74, 6) is -20.9. The number of fused-ring (bicyclic) bond motifs is 5. The van der Waals surface area contributed by atoms with E-state index in [0.717, 1.165) is 25.0 Å². The van der Waals surface area contributed by atoms with E-state index in [-0.39, 0.29) is 75.2 Å². The molecule has 2 saturated heterocycles. The molecule has 15 atom stereocenters. The molecule has 736 valence electrons. The number of para-hydroxylation sites is 1. The number of rotatable bonds is 26. The number of carbonyl (C=O) groups excluding carboxylic acids is 16. The van der Waals surface area contributed by atoms with Gasteiger partial charge in [-0.1, -0.05) is 112 Å². The molecule has 21 N–H and O–H groups in total. The van der Waals surface area contributed by atoms with Crippen LogP contribution in [-0.4, -0.2) is 317 Å². The van der Waals surface area contributed by atoms with Gasteiger partial charge >= 0.3 is 11.9 Å². The molecule has 3 aliphatic heterocycles. The number of carboxylic acids is 2. The Morgan fingerprint density at radius 1 is 0.555 bits per heavy atom. The summed E-state index contributed by atoms with van der Waals surface area (Å²) in [4.78, 5) is 273. The van der Waals surface area contributed by atoms with E-state index >= 15 is 33.6 Å². The molecule has 3 aliphatic rings. The zero-order valence-corrected chi connectivity index (χ0v) is 77.0. The van der Waals surface area contributed by atoms with Crippen LogP contribution in [0.15, 0.2) is 110 Å². The zero-order valence-electron chi connectivity index (χ0n) is 76.2. The maximum absolute atomic E-state index is 15.8. The lowest BCUT2D eigenvalue weighted by Gasteiger charge is -2.32. The maximum atomic E-state index is 15.8. The van der Waals surface area contributed by atoms with E-state index in [4.69, 9.17) is 11.5 Å². The van der Waals surface area contributed by atoms with E-state index in [1.807, 2.05) is 25.1 Å². The van der Waals surface area contributed by atoms with Crippen molar-refractivity contribution in [3.63, 3.8) is 0 Å². The van der Waals surface area contributed by atoms with Gasteiger partial charge in [0.2, 0.25) is 94.5 Å². The summed E-state index contributed by atoms with van der Waals surface area (Å²) in [7, 11) is 2.49. The third-order valence-corrected chi connectivity index (χ3v) is 25.2. The predicted molar refractivity (Wildman–Crippen MR) is 490 cm³/mol. The van der Waals surface area contributed by atoms with Crippen molar-refractivity contribution in [3.05, 3.63) is 138 Å². The van der Waals surface area contributed by atoms with Gasteiger partial charge in [-0.15, -0.1) is 16.9 Å². The number of nitrogens with one attached hydrogen (secondary N) is 12. The van der Waals surface area contributed by atoms with Crippen molar-refractivity contribution in [2.75, 3.05) is 51.8 Å². The molecule has 137 heavy (non-hydrogen) atoms. The summed E-state index contributed by atoms with van der Waals surface area (Å²) in [5.41, 5.74) is 13.3. The van der Waals surface area contributed by atoms with Crippen molar-refractivity contribution < 1.29 is 112 Å². The second-order valence-corrected chi connectivity index (χ2v) is 35.1. The SMILES string of the molecule is CCCC[C@H]1C(=O)N[C@@H](CCC(=O)O)C(=O)N[C@H](C(=O)NCC(N)=O)CSCC(=O)N[C@@H](Cc2ccc(O)cc2)C(=O)N(C)[C@@H](C)C(=O)N[C@@H](CC(N)=O)C(=O)N2CCC[C@H]2C(=O)N[C@@H](Cc2cnc[nH]2)C(=O)N[C@@H](CCC(=O)O)C(=O)N2C[C@H](O)C[C@H]2C(=O)N[C@@H](Cc2c[nH]c3ccccc23)C(=O)N[C@@H](CO)C(=O)N[C@@H](Cc2cccc3ccccc23)c2nnnn2[C@@H](CCCC)C(=O)N1C. The summed E-state index contributed by atoms with van der Waals surface area (Å²) < 4.78 is 1.17. The Labute approximate surface area is 789 Å². The number of aromatic amines is 2. The number of likely N-dealkylation sites (N-methyl/N-ethyl adjacent to an activating group) is 2. The summed E-state index contributed by atoms with van der Waals surface area (Å²) in [6.45, 7) is 2.19. The molecule has 47 heteroatoms. The molecule has 46 nitrogen and oxygen atoms in total. The molecular weight excluding hydrogens is 1800 g/mol. The number of thioether (sulfide) groups is 1. The number of hydrogen-bond acceptors (Lipinski definition) is 26. The van der Waals surface area contributed by atoms with Gasteiger partial charge in [-0.05, 0) is 102 Å². The number of benzene rings is 4. The van der Waals surface area contributed by atoms with Crippen molar-refractivity contribution in [1.82, 2.24) is 108 Å². The van der Waals surface area contributed by atoms with Crippen LogP contribution in [0.1, 0.15) is 151 Å². The number of unbranched alkanes of at least 4 members (excludes halogenated alkanes) is 2. The standard InChI is InChI=1S/C90H117N23O23S/c1-6-8-22-68-84(130)98-59(29-31-75(120)121)80(126)105-67(79(125)95-42-73(92)118)45-137-46-74(119)97-64(34-49-25-27-54(115)28-26-49)87(133)109(4)48(3)78(124)103-65(39-72(91)117)89(135)111-33-15-24-69(111)85(131)102-63(37-53-41-93-47-96-53)82(128)99-60(30-32-76(122)123)88(134)112-43-55(116)38-71(112)86(132)101-62(36-52-40-94-58-21-13-12-20-57(52)58)81(127)104-66(44-114)83(129)100-61(35-51-18-14-17-50-16-10-11-19-56(50)51)77-106-107-108-113(77)70(23-9-7-2)90(136)110(68)5/h10-14,16-21,25-28,40-41,47-48,55,59-71,94,114-116H,6-9,15,22-24,29-39,42-46H2,1-5H3,(H2,91,117)(H2,92,118)(H,93,96)(H,95,125)(H,97,119)(H,98,130)(H,99,128)(H,100,129)(H,101,132)(H,102,131)(H,103,124)(H,104,127)(H,105,126)(H,120,121)(H,122,123)/t48-,55+,59-,60-,61-,62-,63-,64-,65-,66-,67-,68-,69-,70-,71-/m0/s1. The lowest BCUT2D eigenvalue weighted by Crippen LogP contribution is -2.61. The second-order valence-electron chi connectivity index (χ2n) is 34.0. The van der Waals surface area contributed by atoms with Crippen LogP contribution in [0.25, 0.3) is 21.7 Å². The number of nitrogens with two attached hydrogens (primary N) is 2. The van der Waals surface area contributed by atoms with Gasteiger partial charge in [0.05, 0.1) is 43.8 Å². The lowest BCUT2D eigenvalue weighted by molar-refractivity contribution is -0.145. The van der Waals surface area contributed by atoms with E-state index < -0.39 is 273 Å². The normalized spacial score (nSPS) is 24.3. The van der Waals surface area contributed by atoms with Gasteiger partial charge in [0, 0.05) is 107 Å². The number of amides is 16. The minimum Gasteiger partial charge on any atom is -0.508 e. The van der Waals surface area contributed by atoms with E-state index in [1.54, 1.807) is 61.7 Å². The first kappa shape index (κ1) is 105. The number of carbonyl (C=O) groups is 18. The molecule has 16 amide bonds. The number of nitrogens with zero attached hydrogens (tertiary/aromatic N) is 9. The number of aromatic nitrogens is 7. The highest BCUT2D eigenvalue weighted by molar-refractivity contribution is 8.00. The molecule has 7 aromatic rings. The first-order chi connectivity index (χ1) is 65.4. The predicted octanol–water partition coefficient (Wildman–Crippen LogP) is -2.76. The number of H-pyrrole nitrogens is 2. The van der Waals surface area contributed by atoms with E-state index in [0.29, 0.717) is 64.0 Å². The van der Waals surface area contributed by atoms with Gasteiger partial charge in [0.25, 0.3) is 0 Å². The highest BCUT2D eigenvalue weighted by Gasteiger charge is 2.47. The average molecular weight is 1920 g/mol. The quantitative estimate of drug-likeness (QED) is 0.0261. The van der Waals surface area contributed by atoms with E-state index in [1.165, 1.54) is 62.5 Å². The number of aliphatic hydroxyl groups is 2. The summed E-state index contributed by atoms with van der Waals surface area (Å²) in [6.07, 6.45) is -1.41. The fraction of sp³-hybridized carbons (Fsp3) is 0.489. The van der Waals surface area contributed by atoms with Gasteiger partial charge in [0.1, 0.15) is 84.3 Å². The molecule has 0 aliphatic carbocycles. The molecule has 2 fully saturated rings. The first-order valence-corrected chi connectivity index (χ1v) is 46.2. The molecule has 0 saturated carbocycles. The summed E-state index contributed by atoms with van der Waals surface area (Å²) in [6, 6.07) is 1.86. The number of phenolic OH excluding ortho intramolecular Hbond substituents is 1. The fourth-order valence-electron chi connectivity index (χ4n) is 16.7. The third-order valence-electron chi connectivity index (χ3n) is 24.1. The minimum absolute atomic E-state index is 0.0278. The first-order valence-electron chi connectivity index (χ1n) is 45.0. The Morgan fingerprint density at radius 2 is 1.15 bits per heavy atom. The average Bonchev–Trinajstić information content (AvgIpc) is 1.69.